The molecule has 0 radical (unpaired) electrons. The molecule has 0 saturated heterocycles. The van der Waals surface area contributed by atoms with Crippen LogP contribution in [0.4, 0.5) is 5.69 Å². The largest absolute Gasteiger partial charge is 0.452 e. The molecule has 148 valence electrons. The molecule has 0 bridgehead atoms. The number of nitro groups is 1. The Kier molecular flexibility index (Phi) is 4.85. The van der Waals surface area contributed by atoms with Crippen molar-refractivity contribution in [3.63, 3.8) is 0 Å². The van der Waals surface area contributed by atoms with Crippen LogP contribution in [0.15, 0.2) is 72.5 Å². The summed E-state index contributed by atoms with van der Waals surface area (Å²) in [5.41, 5.74) is 1.63. The predicted molar refractivity (Wildman–Crippen MR) is 109 cm³/mol. The highest BCUT2D eigenvalue weighted by Gasteiger charge is 2.30. The number of benzene rings is 3. The number of hydrogen-bond acceptors (Lipinski definition) is 6. The summed E-state index contributed by atoms with van der Waals surface area (Å²) in [5.74, 6) is -0.238. The number of carbonyl (C=O) groups excluding carboxylic acids is 2. The lowest BCUT2D eigenvalue weighted by molar-refractivity contribution is -0.384. The van der Waals surface area contributed by atoms with Crippen molar-refractivity contribution >= 4 is 23.5 Å². The molecule has 0 N–H and O–H groups in total. The molecule has 30 heavy (non-hydrogen) atoms. The van der Waals surface area contributed by atoms with Crippen LogP contribution in [0.25, 0.3) is 6.08 Å². The van der Waals surface area contributed by atoms with E-state index in [4.69, 9.17) is 9.47 Å². The third kappa shape index (κ3) is 3.56. The molecule has 0 spiro atoms. The van der Waals surface area contributed by atoms with Gasteiger partial charge >= 0.3 is 5.97 Å². The summed E-state index contributed by atoms with van der Waals surface area (Å²) < 4.78 is 11.2. The van der Waals surface area contributed by atoms with Crippen molar-refractivity contribution in [2.45, 2.75) is 6.92 Å². The van der Waals surface area contributed by atoms with E-state index in [1.54, 1.807) is 49.4 Å². The lowest BCUT2D eigenvalue weighted by Gasteiger charge is -2.10. The second-order valence-corrected chi connectivity index (χ2v) is 6.61. The van der Waals surface area contributed by atoms with Crippen molar-refractivity contribution in [1.82, 2.24) is 0 Å². The van der Waals surface area contributed by atoms with Crippen molar-refractivity contribution in [1.29, 1.82) is 0 Å². The Labute approximate surface area is 171 Å². The van der Waals surface area contributed by atoms with Gasteiger partial charge in [0.1, 0.15) is 11.5 Å². The van der Waals surface area contributed by atoms with Crippen molar-refractivity contribution in [3.05, 3.63) is 105 Å². The first-order valence-corrected chi connectivity index (χ1v) is 9.03. The Hall–Kier alpha value is -4.26. The zero-order valence-electron chi connectivity index (χ0n) is 15.8. The van der Waals surface area contributed by atoms with Gasteiger partial charge < -0.3 is 9.47 Å². The van der Waals surface area contributed by atoms with Crippen LogP contribution in [-0.4, -0.2) is 16.7 Å². The monoisotopic (exact) mass is 401 g/mol. The van der Waals surface area contributed by atoms with Crippen molar-refractivity contribution in [2.75, 3.05) is 0 Å². The van der Waals surface area contributed by atoms with Gasteiger partial charge in [-0.2, -0.15) is 0 Å². The fourth-order valence-electron chi connectivity index (χ4n) is 3.09. The normalized spacial score (nSPS) is 13.6. The summed E-state index contributed by atoms with van der Waals surface area (Å²) in [6.45, 7) is 1.69. The number of hydrogen-bond donors (Lipinski definition) is 0. The highest BCUT2D eigenvalue weighted by Crippen LogP contribution is 2.39. The Morgan fingerprint density at radius 2 is 1.83 bits per heavy atom. The average molecular weight is 401 g/mol. The van der Waals surface area contributed by atoms with Crippen LogP contribution < -0.4 is 9.47 Å². The molecule has 0 aromatic heterocycles. The second-order valence-electron chi connectivity index (χ2n) is 6.61. The third-order valence-corrected chi connectivity index (χ3v) is 4.63. The molecule has 4 rings (SSSR count). The van der Waals surface area contributed by atoms with Crippen LogP contribution in [0.1, 0.15) is 31.8 Å². The summed E-state index contributed by atoms with van der Waals surface area (Å²) in [6, 6.07) is 17.5. The fraction of sp³-hybridized carbons (Fsp3) is 0.0435. The number of allylic oxidation sites excluding steroid dienone is 1. The third-order valence-electron chi connectivity index (χ3n) is 4.63. The summed E-state index contributed by atoms with van der Waals surface area (Å²) in [4.78, 5) is 35.5. The first-order chi connectivity index (χ1) is 14.4. The minimum absolute atomic E-state index is 0.0418. The van der Waals surface area contributed by atoms with Crippen LogP contribution in [0.3, 0.4) is 0 Å². The zero-order chi connectivity index (χ0) is 21.3. The summed E-state index contributed by atoms with van der Waals surface area (Å²) in [6.07, 6.45) is 1.45. The molecule has 7 heteroatoms. The molecule has 0 amide bonds. The van der Waals surface area contributed by atoms with Gasteiger partial charge in [0.15, 0.2) is 5.76 Å². The van der Waals surface area contributed by atoms with Gasteiger partial charge in [0.25, 0.3) is 5.69 Å². The summed E-state index contributed by atoms with van der Waals surface area (Å²) in [7, 11) is 0. The van der Waals surface area contributed by atoms with Gasteiger partial charge in [-0.1, -0.05) is 30.3 Å². The Bertz CT molecular complexity index is 1210. The highest BCUT2D eigenvalue weighted by atomic mass is 16.6. The number of ketones is 1. The lowest BCUT2D eigenvalue weighted by atomic mass is 10.1. The van der Waals surface area contributed by atoms with Crippen LogP contribution >= 0.6 is 0 Å². The van der Waals surface area contributed by atoms with E-state index in [0.717, 1.165) is 0 Å². The zero-order valence-corrected chi connectivity index (χ0v) is 15.8. The maximum absolute atomic E-state index is 12.7. The van der Waals surface area contributed by atoms with Gasteiger partial charge in [-0.3, -0.25) is 14.9 Å². The van der Waals surface area contributed by atoms with Crippen LogP contribution in [0.2, 0.25) is 0 Å². The number of ether oxygens (including phenoxy) is 2. The molecule has 0 saturated carbocycles. The van der Waals surface area contributed by atoms with E-state index < -0.39 is 10.9 Å². The molecule has 1 heterocycles. The van der Waals surface area contributed by atoms with E-state index in [0.29, 0.717) is 28.0 Å². The highest BCUT2D eigenvalue weighted by molar-refractivity contribution is 6.15. The lowest BCUT2D eigenvalue weighted by Crippen LogP contribution is -2.09. The molecular formula is C23H15NO6. The molecule has 1 aliphatic heterocycles. The number of nitro benzene ring substituents is 1. The van der Waals surface area contributed by atoms with Gasteiger partial charge in [0, 0.05) is 17.7 Å². The number of esters is 1. The maximum Gasteiger partial charge on any atom is 0.343 e. The van der Waals surface area contributed by atoms with E-state index in [9.17, 15) is 19.7 Å². The van der Waals surface area contributed by atoms with E-state index in [1.807, 2.05) is 0 Å². The van der Waals surface area contributed by atoms with Gasteiger partial charge in [-0.25, -0.2) is 4.79 Å². The second kappa shape index (κ2) is 7.63. The summed E-state index contributed by atoms with van der Waals surface area (Å²) >= 11 is 0. The number of fused-ring (bicyclic) bond motifs is 1. The molecule has 3 aromatic rings. The van der Waals surface area contributed by atoms with E-state index in [1.165, 1.54) is 30.3 Å². The van der Waals surface area contributed by atoms with Gasteiger partial charge in [0.05, 0.1) is 16.1 Å². The van der Waals surface area contributed by atoms with Gasteiger partial charge in [-0.15, -0.1) is 0 Å². The first kappa shape index (κ1) is 19.1. The average Bonchev–Trinajstić information content (AvgIpc) is 3.07. The Morgan fingerprint density at radius 1 is 1.07 bits per heavy atom. The summed E-state index contributed by atoms with van der Waals surface area (Å²) in [5, 5.41) is 11.0. The van der Waals surface area contributed by atoms with Gasteiger partial charge in [-0.05, 0) is 42.8 Å². The van der Waals surface area contributed by atoms with Crippen molar-refractivity contribution in [2.24, 2.45) is 0 Å². The quantitative estimate of drug-likeness (QED) is 0.206. The molecule has 0 fully saturated rings. The predicted octanol–water partition coefficient (Wildman–Crippen LogP) is 4.74. The van der Waals surface area contributed by atoms with Crippen molar-refractivity contribution < 1.29 is 24.0 Å². The van der Waals surface area contributed by atoms with E-state index in [-0.39, 0.29) is 23.0 Å². The minimum Gasteiger partial charge on any atom is -0.452 e. The molecule has 3 aromatic carbocycles. The molecule has 7 nitrogen and oxygen atoms in total. The molecule has 1 aliphatic rings. The number of rotatable bonds is 4. The number of Topliss-reactive ketones (excluding diaryl/α,β-unsaturated/α-hetero) is 1. The molecule has 0 unspecified atom stereocenters. The number of non-ortho nitro benzene ring substituents is 1. The topological polar surface area (TPSA) is 95.7 Å². The van der Waals surface area contributed by atoms with Crippen molar-refractivity contribution in [3.8, 4) is 11.5 Å². The van der Waals surface area contributed by atoms with Crippen LogP contribution in [0.5, 0.6) is 11.5 Å². The Morgan fingerprint density at radius 3 is 2.57 bits per heavy atom. The molecule has 0 aliphatic carbocycles. The first-order valence-electron chi connectivity index (χ1n) is 9.03. The molecule has 0 atom stereocenters. The smallest absolute Gasteiger partial charge is 0.343 e. The van der Waals surface area contributed by atoms with Crippen LogP contribution in [0, 0.1) is 17.0 Å². The van der Waals surface area contributed by atoms with Crippen LogP contribution in [-0.2, 0) is 0 Å². The SMILES string of the molecule is Cc1c(OC(=O)c2ccccc2)ccc2c1O/C(=C\c1cccc([N+](=O)[O-])c1)C2=O. The van der Waals surface area contributed by atoms with Gasteiger partial charge in [0.2, 0.25) is 5.78 Å². The molecular weight excluding hydrogens is 386 g/mol. The van der Waals surface area contributed by atoms with E-state index in [2.05, 4.69) is 0 Å². The maximum atomic E-state index is 12.7. The minimum atomic E-state index is -0.518. The number of carbonyl (C=O) groups is 2. The Balaban J connectivity index is 1.62. The van der Waals surface area contributed by atoms with E-state index >= 15 is 0 Å². The fourth-order valence-corrected chi connectivity index (χ4v) is 3.09. The standard InChI is InChI=1S/C23H15NO6/c1-14-19(30-23(26)16-7-3-2-4-8-16)11-10-18-21(25)20(29-22(14)18)13-15-6-5-9-17(12-15)24(27)28/h2-13H,1H3/b20-13-. The number of nitrogens with zero attached hydrogens (tertiary/aromatic N) is 1.